The lowest BCUT2D eigenvalue weighted by Gasteiger charge is -2.30. The molecule has 0 radical (unpaired) electrons. The molecule has 0 saturated carbocycles. The Morgan fingerprint density at radius 3 is 2.67 bits per heavy atom. The molecule has 2 aromatic rings. The van der Waals surface area contributed by atoms with Crippen molar-refractivity contribution in [2.24, 2.45) is 0 Å². The molecule has 0 unspecified atom stereocenters. The highest BCUT2D eigenvalue weighted by Gasteiger charge is 2.31. The zero-order valence-electron chi connectivity index (χ0n) is 11.2. The van der Waals surface area contributed by atoms with Crippen LogP contribution in [0.1, 0.15) is 16.7 Å². The second-order valence-corrected chi connectivity index (χ2v) is 5.10. The van der Waals surface area contributed by atoms with E-state index in [2.05, 4.69) is 4.98 Å². The summed E-state index contributed by atoms with van der Waals surface area (Å²) in [7, 11) is 0. The summed E-state index contributed by atoms with van der Waals surface area (Å²) in [6, 6.07) is 7.77. The summed E-state index contributed by atoms with van der Waals surface area (Å²) in [6.45, 7) is 1.17. The van der Waals surface area contributed by atoms with Crippen LogP contribution in [0.5, 0.6) is 0 Å². The summed E-state index contributed by atoms with van der Waals surface area (Å²) in [6.07, 6.45) is -2.38. The van der Waals surface area contributed by atoms with Gasteiger partial charge in [0.05, 0.1) is 5.56 Å². The van der Waals surface area contributed by atoms with E-state index in [-0.39, 0.29) is 0 Å². The predicted octanol–water partition coefficient (Wildman–Crippen LogP) is 3.25. The quantitative estimate of drug-likeness (QED) is 0.821. The van der Waals surface area contributed by atoms with Gasteiger partial charge in [-0.1, -0.05) is 6.07 Å². The summed E-state index contributed by atoms with van der Waals surface area (Å²) in [5, 5.41) is 0. The van der Waals surface area contributed by atoms with Crippen molar-refractivity contribution < 1.29 is 13.2 Å². The number of hydrogen-bond acceptors (Lipinski definition) is 3. The van der Waals surface area contributed by atoms with Gasteiger partial charge in [0.2, 0.25) is 0 Å². The first-order chi connectivity index (χ1) is 9.93. The molecule has 0 atom stereocenters. The monoisotopic (exact) mass is 293 g/mol. The van der Waals surface area contributed by atoms with E-state index < -0.39 is 11.7 Å². The van der Waals surface area contributed by atoms with Gasteiger partial charge in [-0.3, -0.25) is 0 Å². The summed E-state index contributed by atoms with van der Waals surface area (Å²) in [5.74, 6) is 0.345. The number of alkyl halides is 3. The SMILES string of the molecule is Nc1ccc2c(c1)CN(c1cc(C(F)(F)F)ccn1)CC2. The average Bonchev–Trinajstić information content (AvgIpc) is 2.45. The van der Waals surface area contributed by atoms with Crippen LogP contribution < -0.4 is 10.6 Å². The molecule has 0 aliphatic carbocycles. The number of hydrogen-bond donors (Lipinski definition) is 1. The summed E-state index contributed by atoms with van der Waals surface area (Å²) in [5.41, 5.74) is 7.98. The van der Waals surface area contributed by atoms with E-state index >= 15 is 0 Å². The Labute approximate surface area is 120 Å². The van der Waals surface area contributed by atoms with Gasteiger partial charge in [0, 0.05) is 25.0 Å². The fraction of sp³-hybridized carbons (Fsp3) is 0.267. The number of anilines is 2. The van der Waals surface area contributed by atoms with Gasteiger partial charge in [-0.15, -0.1) is 0 Å². The van der Waals surface area contributed by atoms with Crippen molar-refractivity contribution in [2.75, 3.05) is 17.2 Å². The maximum Gasteiger partial charge on any atom is 0.416 e. The lowest BCUT2D eigenvalue weighted by molar-refractivity contribution is -0.137. The Morgan fingerprint density at radius 2 is 1.90 bits per heavy atom. The van der Waals surface area contributed by atoms with Crippen molar-refractivity contribution >= 4 is 11.5 Å². The Hall–Kier alpha value is -2.24. The molecule has 0 amide bonds. The van der Waals surface area contributed by atoms with E-state index in [0.29, 0.717) is 24.6 Å². The predicted molar refractivity (Wildman–Crippen MR) is 74.8 cm³/mol. The molecule has 1 aliphatic rings. The third-order valence-electron chi connectivity index (χ3n) is 3.64. The summed E-state index contributed by atoms with van der Waals surface area (Å²) < 4.78 is 38.3. The highest BCUT2D eigenvalue weighted by Crippen LogP contribution is 2.32. The Kier molecular flexibility index (Phi) is 3.23. The van der Waals surface area contributed by atoms with Crippen molar-refractivity contribution in [3.63, 3.8) is 0 Å². The number of rotatable bonds is 1. The second-order valence-electron chi connectivity index (χ2n) is 5.10. The van der Waals surface area contributed by atoms with Gasteiger partial charge in [0.25, 0.3) is 0 Å². The smallest absolute Gasteiger partial charge is 0.399 e. The van der Waals surface area contributed by atoms with Crippen LogP contribution in [0.2, 0.25) is 0 Å². The van der Waals surface area contributed by atoms with Crippen LogP contribution >= 0.6 is 0 Å². The van der Waals surface area contributed by atoms with Crippen LogP contribution in [0.4, 0.5) is 24.7 Å². The number of halogens is 3. The fourth-order valence-corrected chi connectivity index (χ4v) is 2.54. The molecule has 1 aromatic heterocycles. The van der Waals surface area contributed by atoms with Crippen LogP contribution in [0.3, 0.4) is 0 Å². The number of nitrogen functional groups attached to an aromatic ring is 1. The van der Waals surface area contributed by atoms with Gasteiger partial charge < -0.3 is 10.6 Å². The number of nitrogens with zero attached hydrogens (tertiary/aromatic N) is 2. The molecule has 6 heteroatoms. The Bertz CT molecular complexity index is 667. The second kappa shape index (κ2) is 4.95. The molecule has 2 heterocycles. The van der Waals surface area contributed by atoms with Gasteiger partial charge in [-0.05, 0) is 41.8 Å². The third kappa shape index (κ3) is 2.79. The minimum Gasteiger partial charge on any atom is -0.399 e. The molecule has 1 aliphatic heterocycles. The first-order valence-corrected chi connectivity index (χ1v) is 6.59. The van der Waals surface area contributed by atoms with Gasteiger partial charge in [-0.25, -0.2) is 4.98 Å². The number of benzene rings is 1. The molecule has 3 rings (SSSR count). The largest absolute Gasteiger partial charge is 0.416 e. The highest BCUT2D eigenvalue weighted by molar-refractivity contribution is 5.50. The van der Waals surface area contributed by atoms with Gasteiger partial charge in [0.15, 0.2) is 0 Å². The molecular weight excluding hydrogens is 279 g/mol. The third-order valence-corrected chi connectivity index (χ3v) is 3.64. The first-order valence-electron chi connectivity index (χ1n) is 6.59. The van der Waals surface area contributed by atoms with Gasteiger partial charge in [0.1, 0.15) is 5.82 Å². The molecule has 0 fully saturated rings. The lowest BCUT2D eigenvalue weighted by atomic mass is 9.99. The minimum atomic E-state index is -4.35. The van der Waals surface area contributed by atoms with Crippen LogP contribution in [0, 0.1) is 0 Å². The zero-order valence-corrected chi connectivity index (χ0v) is 11.2. The van der Waals surface area contributed by atoms with Crippen molar-refractivity contribution in [1.29, 1.82) is 0 Å². The van der Waals surface area contributed by atoms with Crippen molar-refractivity contribution in [1.82, 2.24) is 4.98 Å². The maximum atomic E-state index is 12.8. The van der Waals surface area contributed by atoms with Crippen molar-refractivity contribution in [3.8, 4) is 0 Å². The molecule has 2 N–H and O–H groups in total. The molecule has 1 aromatic carbocycles. The number of fused-ring (bicyclic) bond motifs is 1. The van der Waals surface area contributed by atoms with Crippen LogP contribution in [-0.4, -0.2) is 11.5 Å². The average molecular weight is 293 g/mol. The zero-order chi connectivity index (χ0) is 15.0. The Morgan fingerprint density at radius 1 is 1.10 bits per heavy atom. The lowest BCUT2D eigenvalue weighted by Crippen LogP contribution is -2.31. The van der Waals surface area contributed by atoms with Crippen LogP contribution in [-0.2, 0) is 19.1 Å². The number of aromatic nitrogens is 1. The first kappa shape index (κ1) is 13.7. The van der Waals surface area contributed by atoms with E-state index in [1.807, 2.05) is 23.1 Å². The summed E-state index contributed by atoms with van der Waals surface area (Å²) in [4.78, 5) is 5.91. The summed E-state index contributed by atoms with van der Waals surface area (Å²) >= 11 is 0. The molecular formula is C15H14F3N3. The van der Waals surface area contributed by atoms with Crippen molar-refractivity contribution in [3.05, 3.63) is 53.2 Å². The number of nitrogens with two attached hydrogens (primary N) is 1. The van der Waals surface area contributed by atoms with E-state index in [0.717, 1.165) is 24.1 Å². The topological polar surface area (TPSA) is 42.1 Å². The molecule has 21 heavy (non-hydrogen) atoms. The maximum absolute atomic E-state index is 12.8. The van der Waals surface area contributed by atoms with E-state index in [1.165, 1.54) is 11.8 Å². The molecule has 0 bridgehead atoms. The van der Waals surface area contributed by atoms with E-state index in [1.54, 1.807) is 0 Å². The fourth-order valence-electron chi connectivity index (χ4n) is 2.54. The van der Waals surface area contributed by atoms with Gasteiger partial charge >= 0.3 is 6.18 Å². The van der Waals surface area contributed by atoms with Gasteiger partial charge in [-0.2, -0.15) is 13.2 Å². The van der Waals surface area contributed by atoms with Crippen LogP contribution in [0.25, 0.3) is 0 Å². The molecule has 0 saturated heterocycles. The van der Waals surface area contributed by atoms with Crippen molar-refractivity contribution in [2.45, 2.75) is 19.1 Å². The van der Waals surface area contributed by atoms with E-state index in [9.17, 15) is 13.2 Å². The number of pyridine rings is 1. The highest BCUT2D eigenvalue weighted by atomic mass is 19.4. The Balaban J connectivity index is 1.89. The van der Waals surface area contributed by atoms with Crippen LogP contribution in [0.15, 0.2) is 36.5 Å². The molecule has 110 valence electrons. The standard InChI is InChI=1S/C15H14F3N3/c16-15(17,18)12-3-5-20-14(8-12)21-6-4-10-1-2-13(19)7-11(10)9-21/h1-3,5,7-8H,4,6,9,19H2. The van der Waals surface area contributed by atoms with E-state index in [4.69, 9.17) is 5.73 Å². The molecule has 0 spiro atoms. The normalized spacial score (nSPS) is 14.9. The minimum absolute atomic E-state index is 0.345. The molecule has 3 nitrogen and oxygen atoms in total.